The van der Waals surface area contributed by atoms with Gasteiger partial charge < -0.3 is 4.98 Å². The topological polar surface area (TPSA) is 41.6 Å². The minimum atomic E-state index is 0.782. The first-order chi connectivity index (χ1) is 6.20. The normalized spacial score (nSPS) is 11.0. The van der Waals surface area contributed by atoms with Crippen molar-refractivity contribution in [1.82, 2.24) is 15.0 Å². The number of aromatic amines is 1. The summed E-state index contributed by atoms with van der Waals surface area (Å²) in [5.41, 5.74) is 2.72. The lowest BCUT2D eigenvalue weighted by molar-refractivity contribution is 1.07. The molecule has 0 aliphatic carbocycles. The van der Waals surface area contributed by atoms with E-state index >= 15 is 0 Å². The van der Waals surface area contributed by atoms with Gasteiger partial charge in [0, 0.05) is 4.47 Å². The maximum absolute atomic E-state index is 4.34. The van der Waals surface area contributed by atoms with Crippen molar-refractivity contribution in [3.05, 3.63) is 16.2 Å². The van der Waals surface area contributed by atoms with Crippen LogP contribution in [0.3, 0.4) is 0 Å². The van der Waals surface area contributed by atoms with Crippen LogP contribution in [0, 0.1) is 6.92 Å². The smallest absolute Gasteiger partial charge is 0.178 e. The van der Waals surface area contributed by atoms with Gasteiger partial charge in [0.2, 0.25) is 0 Å². The first-order valence-electron chi connectivity index (χ1n) is 3.77. The molecule has 0 saturated heterocycles. The van der Waals surface area contributed by atoms with Crippen molar-refractivity contribution >= 4 is 38.9 Å². The van der Waals surface area contributed by atoms with E-state index in [9.17, 15) is 0 Å². The summed E-state index contributed by atoms with van der Waals surface area (Å²) in [6, 6.07) is 2.00. The summed E-state index contributed by atoms with van der Waals surface area (Å²) in [5.74, 6) is 0. The van der Waals surface area contributed by atoms with Crippen molar-refractivity contribution in [3.63, 3.8) is 0 Å². The molecule has 0 bridgehead atoms. The second kappa shape index (κ2) is 3.31. The molecule has 2 heterocycles. The number of halogens is 1. The van der Waals surface area contributed by atoms with Crippen molar-refractivity contribution in [2.75, 3.05) is 6.26 Å². The number of pyridine rings is 1. The maximum Gasteiger partial charge on any atom is 0.178 e. The van der Waals surface area contributed by atoms with E-state index in [-0.39, 0.29) is 0 Å². The minimum absolute atomic E-state index is 0.782. The summed E-state index contributed by atoms with van der Waals surface area (Å²) in [7, 11) is 0. The second-order valence-corrected chi connectivity index (χ2v) is 4.32. The molecule has 2 rings (SSSR count). The molecule has 0 fully saturated rings. The predicted octanol–water partition coefficient (Wildman–Crippen LogP) is 2.75. The molecule has 1 N–H and O–H groups in total. The Morgan fingerprint density at radius 1 is 1.46 bits per heavy atom. The van der Waals surface area contributed by atoms with Crippen LogP contribution in [0.5, 0.6) is 0 Å². The van der Waals surface area contributed by atoms with Gasteiger partial charge in [0.15, 0.2) is 10.8 Å². The summed E-state index contributed by atoms with van der Waals surface area (Å²) in [5, 5.41) is 0.903. The van der Waals surface area contributed by atoms with Crippen LogP contribution >= 0.6 is 27.7 Å². The van der Waals surface area contributed by atoms with Crippen LogP contribution in [0.25, 0.3) is 11.2 Å². The summed E-state index contributed by atoms with van der Waals surface area (Å²) in [6.07, 6.45) is 1.99. The van der Waals surface area contributed by atoms with E-state index in [2.05, 4.69) is 30.9 Å². The largest absolute Gasteiger partial charge is 0.332 e. The van der Waals surface area contributed by atoms with Gasteiger partial charge in [0.25, 0.3) is 0 Å². The zero-order valence-electron chi connectivity index (χ0n) is 7.26. The number of nitrogens with zero attached hydrogens (tertiary/aromatic N) is 2. The zero-order valence-corrected chi connectivity index (χ0v) is 9.66. The highest BCUT2D eigenvalue weighted by molar-refractivity contribution is 9.10. The molecule has 2 aromatic rings. The number of thioether (sulfide) groups is 1. The monoisotopic (exact) mass is 257 g/mol. The lowest BCUT2D eigenvalue weighted by Crippen LogP contribution is -1.83. The van der Waals surface area contributed by atoms with Gasteiger partial charge in [-0.25, -0.2) is 9.97 Å². The van der Waals surface area contributed by atoms with E-state index in [1.54, 1.807) is 11.8 Å². The highest BCUT2D eigenvalue weighted by Gasteiger charge is 2.05. The van der Waals surface area contributed by atoms with Crippen LogP contribution in [0.15, 0.2) is 15.7 Å². The van der Waals surface area contributed by atoms with E-state index in [0.29, 0.717) is 0 Å². The van der Waals surface area contributed by atoms with E-state index in [1.165, 1.54) is 0 Å². The third-order valence-corrected chi connectivity index (χ3v) is 3.16. The van der Waals surface area contributed by atoms with Crippen LogP contribution in [-0.2, 0) is 0 Å². The first-order valence-corrected chi connectivity index (χ1v) is 5.79. The molecular weight excluding hydrogens is 250 g/mol. The molecule has 0 amide bonds. The molecule has 2 aromatic heterocycles. The summed E-state index contributed by atoms with van der Waals surface area (Å²) >= 11 is 5.01. The Bertz CT molecular complexity index is 413. The van der Waals surface area contributed by atoms with Crippen LogP contribution < -0.4 is 0 Å². The SMILES string of the molecule is CSc1nc2nc(C)c(Br)cc2[nH]1. The van der Waals surface area contributed by atoms with Crippen molar-refractivity contribution < 1.29 is 0 Å². The minimum Gasteiger partial charge on any atom is -0.332 e. The molecule has 0 aliphatic rings. The molecule has 3 nitrogen and oxygen atoms in total. The van der Waals surface area contributed by atoms with E-state index in [0.717, 1.165) is 26.5 Å². The molecule has 0 unspecified atom stereocenters. The molecule has 68 valence electrons. The number of hydrogen-bond donors (Lipinski definition) is 1. The third kappa shape index (κ3) is 1.58. The summed E-state index contributed by atoms with van der Waals surface area (Å²) in [4.78, 5) is 11.8. The predicted molar refractivity (Wildman–Crippen MR) is 58.1 cm³/mol. The molecular formula is C8H8BrN3S. The van der Waals surface area contributed by atoms with E-state index in [4.69, 9.17) is 0 Å². The fourth-order valence-electron chi connectivity index (χ4n) is 1.08. The number of aromatic nitrogens is 3. The Kier molecular flexibility index (Phi) is 2.29. The Morgan fingerprint density at radius 2 is 2.23 bits per heavy atom. The first kappa shape index (κ1) is 9.02. The molecule has 0 aliphatic heterocycles. The molecule has 0 spiro atoms. The fraction of sp³-hybridized carbons (Fsp3) is 0.250. The number of H-pyrrole nitrogens is 1. The zero-order chi connectivity index (χ0) is 9.42. The molecule has 0 atom stereocenters. The van der Waals surface area contributed by atoms with Gasteiger partial charge in [-0.1, -0.05) is 11.8 Å². The van der Waals surface area contributed by atoms with Crippen LogP contribution in [0.4, 0.5) is 0 Å². The average Bonchev–Trinajstić information content (AvgIpc) is 2.48. The van der Waals surface area contributed by atoms with Crippen molar-refractivity contribution in [2.24, 2.45) is 0 Å². The number of aryl methyl sites for hydroxylation is 1. The fourth-order valence-corrected chi connectivity index (χ4v) is 1.79. The van der Waals surface area contributed by atoms with Gasteiger partial charge >= 0.3 is 0 Å². The van der Waals surface area contributed by atoms with Gasteiger partial charge in [0.1, 0.15) is 0 Å². The van der Waals surface area contributed by atoms with Gasteiger partial charge in [-0.15, -0.1) is 0 Å². The number of nitrogens with one attached hydrogen (secondary N) is 1. The highest BCUT2D eigenvalue weighted by atomic mass is 79.9. The molecule has 0 saturated carbocycles. The average molecular weight is 258 g/mol. The van der Waals surface area contributed by atoms with E-state index < -0.39 is 0 Å². The van der Waals surface area contributed by atoms with E-state index in [1.807, 2.05) is 19.2 Å². The van der Waals surface area contributed by atoms with Gasteiger partial charge in [-0.2, -0.15) is 0 Å². The van der Waals surface area contributed by atoms with Crippen molar-refractivity contribution in [1.29, 1.82) is 0 Å². The summed E-state index contributed by atoms with van der Waals surface area (Å²) in [6.45, 7) is 1.96. The third-order valence-electron chi connectivity index (χ3n) is 1.77. The molecule has 5 heteroatoms. The molecule has 0 radical (unpaired) electrons. The Labute approximate surface area is 88.5 Å². The number of rotatable bonds is 1. The maximum atomic E-state index is 4.34. The van der Waals surface area contributed by atoms with Crippen molar-refractivity contribution in [3.8, 4) is 0 Å². The lowest BCUT2D eigenvalue weighted by atomic mass is 10.3. The molecule has 0 aromatic carbocycles. The van der Waals surface area contributed by atoms with Gasteiger partial charge in [-0.3, -0.25) is 0 Å². The number of hydrogen-bond acceptors (Lipinski definition) is 3. The highest BCUT2D eigenvalue weighted by Crippen LogP contribution is 2.21. The van der Waals surface area contributed by atoms with Crippen molar-refractivity contribution in [2.45, 2.75) is 12.1 Å². The number of imidazole rings is 1. The Balaban J connectivity index is 2.70. The number of fused-ring (bicyclic) bond motifs is 1. The van der Waals surface area contributed by atoms with Crippen LogP contribution in [0.2, 0.25) is 0 Å². The summed E-state index contributed by atoms with van der Waals surface area (Å²) < 4.78 is 1.01. The second-order valence-electron chi connectivity index (χ2n) is 2.67. The standard InChI is InChI=1S/C8H8BrN3S/c1-4-5(9)3-6-7(10-4)12-8(11-6)13-2/h3H,1-2H3,(H,10,11,12). The van der Waals surface area contributed by atoms with Gasteiger partial charge in [-0.05, 0) is 35.2 Å². The lowest BCUT2D eigenvalue weighted by Gasteiger charge is -1.94. The van der Waals surface area contributed by atoms with Crippen LogP contribution in [-0.4, -0.2) is 21.2 Å². The Hall–Kier alpha value is -0.550. The quantitative estimate of drug-likeness (QED) is 0.799. The Morgan fingerprint density at radius 3 is 2.92 bits per heavy atom. The molecule has 13 heavy (non-hydrogen) atoms. The van der Waals surface area contributed by atoms with Crippen LogP contribution in [0.1, 0.15) is 5.69 Å². The van der Waals surface area contributed by atoms with Gasteiger partial charge in [0.05, 0.1) is 11.2 Å².